The van der Waals surface area contributed by atoms with Crippen molar-refractivity contribution in [3.63, 3.8) is 0 Å². The first-order chi connectivity index (χ1) is 14.3. The van der Waals surface area contributed by atoms with Crippen molar-refractivity contribution in [3.05, 3.63) is 64.2 Å². The number of aryl methyl sites for hydroxylation is 1. The molecule has 162 valence electrons. The van der Waals surface area contributed by atoms with E-state index in [1.807, 2.05) is 19.1 Å². The Hall–Kier alpha value is -1.89. The van der Waals surface area contributed by atoms with Crippen LogP contribution in [0.5, 0.6) is 0 Å². The molecule has 0 aliphatic heterocycles. The summed E-state index contributed by atoms with van der Waals surface area (Å²) in [7, 11) is -2.73. The lowest BCUT2D eigenvalue weighted by Crippen LogP contribution is -2.22. The first kappa shape index (κ1) is 22.8. The fourth-order valence-electron chi connectivity index (χ4n) is 3.88. The van der Waals surface area contributed by atoms with Crippen LogP contribution in [-0.4, -0.2) is 28.1 Å². The number of carbonyl (C=O) groups excluding carboxylic acids is 1. The molecule has 1 fully saturated rings. The Labute approximate surface area is 183 Å². The predicted octanol–water partition coefficient (Wildman–Crippen LogP) is 5.36. The fraction of sp³-hybridized carbons (Fsp3) is 0.435. The Morgan fingerprint density at radius 1 is 1.10 bits per heavy atom. The topological polar surface area (TPSA) is 69.7 Å². The van der Waals surface area contributed by atoms with Gasteiger partial charge >= 0.3 is 5.97 Å². The van der Waals surface area contributed by atoms with Crippen LogP contribution in [0.4, 0.5) is 0 Å². The predicted molar refractivity (Wildman–Crippen MR) is 116 cm³/mol. The molecule has 5 nitrogen and oxygen atoms in total. The van der Waals surface area contributed by atoms with Gasteiger partial charge in [0.1, 0.15) is 5.92 Å². The molecule has 7 heteroatoms. The molecular formula is C23H27ClO5S. The van der Waals surface area contributed by atoms with Gasteiger partial charge in [-0.3, -0.25) is 8.98 Å². The van der Waals surface area contributed by atoms with Crippen molar-refractivity contribution >= 4 is 27.7 Å². The van der Waals surface area contributed by atoms with Crippen molar-refractivity contribution in [3.8, 4) is 0 Å². The van der Waals surface area contributed by atoms with E-state index in [0.717, 1.165) is 24.0 Å². The van der Waals surface area contributed by atoms with Crippen molar-refractivity contribution in [2.24, 2.45) is 0 Å². The molecule has 1 saturated carbocycles. The third-order valence-corrected chi connectivity index (χ3v) is 7.28. The molecule has 2 aromatic carbocycles. The zero-order valence-corrected chi connectivity index (χ0v) is 18.8. The summed E-state index contributed by atoms with van der Waals surface area (Å²) in [5, 5.41) is 0.592. The second kappa shape index (κ2) is 9.94. The molecule has 0 spiro atoms. The van der Waals surface area contributed by atoms with Gasteiger partial charge in [-0.15, -0.1) is 0 Å². The third kappa shape index (κ3) is 5.42. The number of hydrogen-bond donors (Lipinski definition) is 0. The van der Waals surface area contributed by atoms with Gasteiger partial charge in [-0.05, 0) is 55.0 Å². The molecule has 0 bridgehead atoms. The van der Waals surface area contributed by atoms with E-state index >= 15 is 0 Å². The summed E-state index contributed by atoms with van der Waals surface area (Å²) in [5.74, 6) is -1.04. The molecule has 3 rings (SSSR count). The van der Waals surface area contributed by atoms with Gasteiger partial charge in [0.2, 0.25) is 0 Å². The van der Waals surface area contributed by atoms with E-state index in [4.69, 9.17) is 20.5 Å². The molecule has 1 atom stereocenters. The minimum atomic E-state index is -4.00. The maximum atomic E-state index is 12.5. The van der Waals surface area contributed by atoms with E-state index in [-0.39, 0.29) is 11.5 Å². The molecule has 0 amide bonds. The van der Waals surface area contributed by atoms with E-state index in [0.29, 0.717) is 16.5 Å². The van der Waals surface area contributed by atoms with E-state index in [9.17, 15) is 13.2 Å². The highest BCUT2D eigenvalue weighted by molar-refractivity contribution is 7.86. The number of rotatable bonds is 7. The number of halogens is 1. The quantitative estimate of drug-likeness (QED) is 0.419. The summed E-state index contributed by atoms with van der Waals surface area (Å²) in [6, 6.07) is 11.8. The lowest BCUT2D eigenvalue weighted by atomic mass is 9.83. The van der Waals surface area contributed by atoms with Gasteiger partial charge in [0, 0.05) is 5.02 Å². The summed E-state index contributed by atoms with van der Waals surface area (Å²) in [4.78, 5) is 12.4. The van der Waals surface area contributed by atoms with E-state index in [1.54, 1.807) is 18.2 Å². The smallest absolute Gasteiger partial charge is 0.315 e. The van der Waals surface area contributed by atoms with Crippen molar-refractivity contribution in [1.29, 1.82) is 0 Å². The van der Waals surface area contributed by atoms with Crippen molar-refractivity contribution in [1.82, 2.24) is 0 Å². The highest BCUT2D eigenvalue weighted by Gasteiger charge is 2.27. The summed E-state index contributed by atoms with van der Waals surface area (Å²) in [5.41, 5.74) is 2.59. The molecule has 1 unspecified atom stereocenters. The average Bonchev–Trinajstić information content (AvgIpc) is 2.74. The van der Waals surface area contributed by atoms with Crippen LogP contribution in [0.3, 0.4) is 0 Å². The lowest BCUT2D eigenvalue weighted by molar-refractivity contribution is -0.143. The van der Waals surface area contributed by atoms with E-state index < -0.39 is 22.0 Å². The maximum absolute atomic E-state index is 12.5. The van der Waals surface area contributed by atoms with Crippen molar-refractivity contribution < 1.29 is 22.1 Å². The highest BCUT2D eigenvalue weighted by Crippen LogP contribution is 2.37. The minimum absolute atomic E-state index is 0.0439. The van der Waals surface area contributed by atoms with Crippen LogP contribution in [0.1, 0.15) is 60.6 Å². The molecule has 0 N–H and O–H groups in total. The van der Waals surface area contributed by atoms with Gasteiger partial charge in [-0.2, -0.15) is 8.42 Å². The Bertz CT molecular complexity index is 979. The number of esters is 1. The molecule has 1 aliphatic carbocycles. The first-order valence-corrected chi connectivity index (χ1v) is 11.9. The Morgan fingerprint density at radius 2 is 1.77 bits per heavy atom. The largest absolute Gasteiger partial charge is 0.468 e. The Balaban J connectivity index is 1.79. The third-order valence-electron chi connectivity index (χ3n) is 5.66. The van der Waals surface area contributed by atoms with Crippen LogP contribution in [0, 0.1) is 6.92 Å². The Morgan fingerprint density at radius 3 is 2.37 bits per heavy atom. The van der Waals surface area contributed by atoms with Crippen molar-refractivity contribution in [2.75, 3.05) is 13.7 Å². The van der Waals surface area contributed by atoms with Crippen LogP contribution in [0.25, 0.3) is 0 Å². The van der Waals surface area contributed by atoms with E-state index in [1.165, 1.54) is 38.5 Å². The van der Waals surface area contributed by atoms with Crippen molar-refractivity contribution in [2.45, 2.75) is 55.8 Å². The number of ether oxygens (including phenoxy) is 1. The van der Waals surface area contributed by atoms with Gasteiger partial charge in [-0.1, -0.05) is 60.7 Å². The fourth-order valence-corrected chi connectivity index (χ4v) is 5.14. The van der Waals surface area contributed by atoms with Gasteiger partial charge in [0.25, 0.3) is 10.1 Å². The number of benzene rings is 2. The lowest BCUT2D eigenvalue weighted by Gasteiger charge is -2.24. The van der Waals surface area contributed by atoms with Crippen LogP contribution in [0.15, 0.2) is 47.4 Å². The molecule has 1 aliphatic rings. The zero-order valence-electron chi connectivity index (χ0n) is 17.3. The van der Waals surface area contributed by atoms with Crippen LogP contribution in [0.2, 0.25) is 5.02 Å². The second-order valence-corrected chi connectivity index (χ2v) is 9.77. The standard InChI is InChI=1S/C23H27ClO5S/c1-16-8-11-19(12-9-16)30(26,27)29-15-21(23(25)28-2)18-10-13-20(22(24)14-18)17-6-4-3-5-7-17/h8-14,17,21H,3-7,15H2,1-2H3. The Kier molecular flexibility index (Phi) is 7.55. The SMILES string of the molecule is COC(=O)C(COS(=O)(=O)c1ccc(C)cc1)c1ccc(C2CCCCC2)c(Cl)c1. The number of hydrogen-bond acceptors (Lipinski definition) is 5. The summed E-state index contributed by atoms with van der Waals surface area (Å²) in [6.07, 6.45) is 5.86. The first-order valence-electron chi connectivity index (χ1n) is 10.1. The van der Waals surface area contributed by atoms with E-state index in [2.05, 4.69) is 0 Å². The number of carbonyl (C=O) groups is 1. The second-order valence-electron chi connectivity index (χ2n) is 7.74. The van der Waals surface area contributed by atoms with Crippen LogP contribution < -0.4 is 0 Å². The molecule has 30 heavy (non-hydrogen) atoms. The molecular weight excluding hydrogens is 424 g/mol. The molecule has 2 aromatic rings. The van der Waals surface area contributed by atoms with Gasteiger partial charge in [0.15, 0.2) is 0 Å². The highest BCUT2D eigenvalue weighted by atomic mass is 35.5. The summed E-state index contributed by atoms with van der Waals surface area (Å²) < 4.78 is 35.1. The molecule has 0 saturated heterocycles. The molecule has 0 heterocycles. The molecule has 0 aromatic heterocycles. The monoisotopic (exact) mass is 450 g/mol. The zero-order chi connectivity index (χ0) is 21.7. The summed E-state index contributed by atoms with van der Waals surface area (Å²) >= 11 is 6.54. The van der Waals surface area contributed by atoms with Gasteiger partial charge in [0.05, 0.1) is 18.6 Å². The minimum Gasteiger partial charge on any atom is -0.468 e. The van der Waals surface area contributed by atoms with Gasteiger partial charge < -0.3 is 4.74 Å². The molecule has 0 radical (unpaired) electrons. The maximum Gasteiger partial charge on any atom is 0.315 e. The van der Waals surface area contributed by atoms with Gasteiger partial charge in [-0.25, -0.2) is 0 Å². The average molecular weight is 451 g/mol. The van der Waals surface area contributed by atoms with Crippen LogP contribution >= 0.6 is 11.6 Å². The normalized spacial score (nSPS) is 16.2. The summed E-state index contributed by atoms with van der Waals surface area (Å²) in [6.45, 7) is 1.51. The number of methoxy groups -OCH3 is 1. The van der Waals surface area contributed by atoms with Crippen LogP contribution in [-0.2, 0) is 23.8 Å².